The third-order valence-corrected chi connectivity index (χ3v) is 4.97. The monoisotopic (exact) mass is 379 g/mol. The van der Waals surface area contributed by atoms with Crippen LogP contribution in [0.3, 0.4) is 0 Å². The fourth-order valence-corrected chi connectivity index (χ4v) is 3.39. The Labute approximate surface area is 158 Å². The molecule has 0 amide bonds. The third kappa shape index (κ3) is 4.37. The van der Waals surface area contributed by atoms with Crippen molar-refractivity contribution in [3.8, 4) is 0 Å². The molecule has 0 bridgehead atoms. The van der Waals surface area contributed by atoms with E-state index in [0.717, 1.165) is 13.0 Å². The van der Waals surface area contributed by atoms with Crippen LogP contribution in [0, 0.1) is 0 Å². The van der Waals surface area contributed by atoms with Crippen molar-refractivity contribution >= 4 is 17.0 Å². The van der Waals surface area contributed by atoms with Crippen molar-refractivity contribution in [3.63, 3.8) is 0 Å². The molecule has 0 spiro atoms. The van der Waals surface area contributed by atoms with Crippen molar-refractivity contribution in [1.29, 1.82) is 0 Å². The number of nitrogens with zero attached hydrogens (tertiary/aromatic N) is 4. The second-order valence-electron chi connectivity index (χ2n) is 6.97. The van der Waals surface area contributed by atoms with Gasteiger partial charge in [0.05, 0.1) is 12.9 Å². The second kappa shape index (κ2) is 9.41. The number of unbranched alkanes of at least 4 members (excludes halogenated alkanes) is 5. The first-order chi connectivity index (χ1) is 13.2. The number of anilines is 1. The highest BCUT2D eigenvalue weighted by Crippen LogP contribution is 2.32. The van der Waals surface area contributed by atoms with Crippen molar-refractivity contribution in [2.45, 2.75) is 70.0 Å². The maximum atomic E-state index is 10.2. The first kappa shape index (κ1) is 19.9. The van der Waals surface area contributed by atoms with Crippen molar-refractivity contribution in [1.82, 2.24) is 19.5 Å². The van der Waals surface area contributed by atoms with Crippen LogP contribution in [0.25, 0.3) is 11.2 Å². The van der Waals surface area contributed by atoms with Crippen LogP contribution in [0.4, 0.5) is 5.82 Å². The molecule has 2 aromatic rings. The first-order valence-corrected chi connectivity index (χ1v) is 9.71. The Bertz CT molecular complexity index is 725. The lowest BCUT2D eigenvalue weighted by Crippen LogP contribution is -2.33. The third-order valence-electron chi connectivity index (χ3n) is 4.97. The summed E-state index contributed by atoms with van der Waals surface area (Å²) in [4.78, 5) is 12.9. The second-order valence-corrected chi connectivity index (χ2v) is 6.97. The van der Waals surface area contributed by atoms with Crippen LogP contribution in [-0.4, -0.2) is 66.3 Å². The number of hydrogen-bond donors (Lipinski definition) is 4. The molecule has 4 N–H and O–H groups in total. The average molecular weight is 379 g/mol. The van der Waals surface area contributed by atoms with Crippen molar-refractivity contribution in [3.05, 3.63) is 12.7 Å². The maximum absolute atomic E-state index is 10.2. The Hall–Kier alpha value is -1.81. The van der Waals surface area contributed by atoms with Gasteiger partial charge >= 0.3 is 0 Å². The normalized spacial score (nSPS) is 25.3. The molecular weight excluding hydrogens is 350 g/mol. The number of hydrogen-bond acceptors (Lipinski definition) is 8. The van der Waals surface area contributed by atoms with Gasteiger partial charge in [0.2, 0.25) is 0 Å². The molecule has 9 nitrogen and oxygen atoms in total. The summed E-state index contributed by atoms with van der Waals surface area (Å²) in [5.41, 5.74) is 1.09. The quantitative estimate of drug-likeness (QED) is 0.454. The highest BCUT2D eigenvalue weighted by atomic mass is 16.6. The van der Waals surface area contributed by atoms with E-state index in [4.69, 9.17) is 4.74 Å². The lowest BCUT2D eigenvalue weighted by atomic mass is 10.1. The molecular formula is C18H29N5O4. The Balaban J connectivity index is 1.65. The molecule has 1 aliphatic rings. The average Bonchev–Trinajstić information content (AvgIpc) is 3.23. The lowest BCUT2D eigenvalue weighted by molar-refractivity contribution is -0.0511. The van der Waals surface area contributed by atoms with Gasteiger partial charge in [-0.3, -0.25) is 4.57 Å². The van der Waals surface area contributed by atoms with Gasteiger partial charge in [-0.25, -0.2) is 15.0 Å². The topological polar surface area (TPSA) is 126 Å². The Kier molecular flexibility index (Phi) is 6.95. The zero-order valence-electron chi connectivity index (χ0n) is 15.7. The predicted molar refractivity (Wildman–Crippen MR) is 100 cm³/mol. The molecule has 0 radical (unpaired) electrons. The fraction of sp³-hybridized carbons (Fsp3) is 0.722. The van der Waals surface area contributed by atoms with E-state index >= 15 is 0 Å². The summed E-state index contributed by atoms with van der Waals surface area (Å²) in [5, 5.41) is 32.7. The standard InChI is InChI=1S/C18H29N5O4/c1-2-3-4-5-6-7-8-19-16-13-17(21-10-20-16)23(11-22-13)18-15(26)14(25)12(9-24)27-18/h10-12,14-15,18,24-26H,2-9H2,1H3,(H,19,20,21)/t12-,14-,15-,18-/m1/s1. The van der Waals surface area contributed by atoms with E-state index in [1.807, 2.05) is 0 Å². The van der Waals surface area contributed by atoms with E-state index < -0.39 is 24.5 Å². The summed E-state index contributed by atoms with van der Waals surface area (Å²) in [7, 11) is 0. The summed E-state index contributed by atoms with van der Waals surface area (Å²) >= 11 is 0. The molecule has 3 rings (SSSR count). The number of nitrogens with one attached hydrogen (secondary N) is 1. The number of aliphatic hydroxyl groups is 3. The largest absolute Gasteiger partial charge is 0.394 e. The van der Waals surface area contributed by atoms with Crippen LogP contribution in [0.2, 0.25) is 0 Å². The smallest absolute Gasteiger partial charge is 0.167 e. The molecule has 2 aromatic heterocycles. The molecule has 9 heteroatoms. The van der Waals surface area contributed by atoms with Gasteiger partial charge in [-0.1, -0.05) is 39.0 Å². The molecule has 4 atom stereocenters. The maximum Gasteiger partial charge on any atom is 0.167 e. The van der Waals surface area contributed by atoms with Crippen LogP contribution in [-0.2, 0) is 4.74 Å². The van der Waals surface area contributed by atoms with Crippen molar-refractivity contribution < 1.29 is 20.1 Å². The van der Waals surface area contributed by atoms with Crippen LogP contribution in [0.5, 0.6) is 0 Å². The minimum atomic E-state index is -1.17. The Morgan fingerprint density at radius 2 is 1.85 bits per heavy atom. The molecule has 1 fully saturated rings. The molecule has 0 saturated carbocycles. The molecule has 0 unspecified atom stereocenters. The minimum absolute atomic E-state index is 0.374. The van der Waals surface area contributed by atoms with Crippen LogP contribution in [0.1, 0.15) is 51.7 Å². The van der Waals surface area contributed by atoms with Gasteiger partial charge in [0.15, 0.2) is 23.2 Å². The highest BCUT2D eigenvalue weighted by Gasteiger charge is 2.44. The Morgan fingerprint density at radius 1 is 1.07 bits per heavy atom. The lowest BCUT2D eigenvalue weighted by Gasteiger charge is -2.16. The summed E-state index contributed by atoms with van der Waals surface area (Å²) in [5.74, 6) is 0.638. The minimum Gasteiger partial charge on any atom is -0.394 e. The van der Waals surface area contributed by atoms with Gasteiger partial charge in [0, 0.05) is 6.54 Å². The first-order valence-electron chi connectivity index (χ1n) is 9.71. The molecule has 150 valence electrons. The zero-order valence-corrected chi connectivity index (χ0v) is 15.7. The van der Waals surface area contributed by atoms with E-state index in [2.05, 4.69) is 27.2 Å². The molecule has 0 aliphatic carbocycles. The van der Waals surface area contributed by atoms with Crippen LogP contribution in [0.15, 0.2) is 12.7 Å². The molecule has 27 heavy (non-hydrogen) atoms. The van der Waals surface area contributed by atoms with Gasteiger partial charge in [-0.15, -0.1) is 0 Å². The SMILES string of the molecule is CCCCCCCCNc1ncnc2c1ncn2[C@@H]1O[C@H](CO)[C@@H](O)[C@H]1O. The zero-order chi connectivity index (χ0) is 19.2. The summed E-state index contributed by atoms with van der Waals surface area (Å²) < 4.78 is 7.13. The molecule has 1 aliphatic heterocycles. The fourth-order valence-electron chi connectivity index (χ4n) is 3.39. The molecule has 3 heterocycles. The Morgan fingerprint density at radius 3 is 2.59 bits per heavy atom. The van der Waals surface area contributed by atoms with Gasteiger partial charge < -0.3 is 25.4 Å². The van der Waals surface area contributed by atoms with Crippen LogP contribution < -0.4 is 5.32 Å². The number of imidazole rings is 1. The summed E-state index contributed by atoms with van der Waals surface area (Å²) in [6, 6.07) is 0. The predicted octanol–water partition coefficient (Wildman–Crippen LogP) is 1.21. The van der Waals surface area contributed by atoms with Gasteiger partial charge in [-0.2, -0.15) is 0 Å². The van der Waals surface area contributed by atoms with Gasteiger partial charge in [0.25, 0.3) is 0 Å². The van der Waals surface area contributed by atoms with E-state index in [9.17, 15) is 15.3 Å². The van der Waals surface area contributed by atoms with E-state index in [1.54, 1.807) is 4.57 Å². The van der Waals surface area contributed by atoms with E-state index in [1.165, 1.54) is 44.8 Å². The van der Waals surface area contributed by atoms with Crippen molar-refractivity contribution in [2.75, 3.05) is 18.5 Å². The van der Waals surface area contributed by atoms with Crippen LogP contribution >= 0.6 is 0 Å². The van der Waals surface area contributed by atoms with Gasteiger partial charge in [-0.05, 0) is 6.42 Å². The number of aliphatic hydroxyl groups excluding tert-OH is 3. The number of rotatable bonds is 10. The van der Waals surface area contributed by atoms with E-state index in [0.29, 0.717) is 17.0 Å². The number of aromatic nitrogens is 4. The number of ether oxygens (including phenoxy) is 1. The highest BCUT2D eigenvalue weighted by molar-refractivity contribution is 5.82. The summed E-state index contributed by atoms with van der Waals surface area (Å²) in [6.45, 7) is 2.64. The van der Waals surface area contributed by atoms with Crippen molar-refractivity contribution in [2.24, 2.45) is 0 Å². The number of fused-ring (bicyclic) bond motifs is 1. The molecule has 1 saturated heterocycles. The molecule has 0 aromatic carbocycles. The van der Waals surface area contributed by atoms with E-state index in [-0.39, 0.29) is 6.61 Å². The summed E-state index contributed by atoms with van der Waals surface area (Å²) in [6.07, 6.45) is 6.21. The van der Waals surface area contributed by atoms with Gasteiger partial charge in [0.1, 0.15) is 24.6 Å².